The molecule has 0 aliphatic carbocycles. The average molecular weight is 342 g/mol. The highest BCUT2D eigenvalue weighted by atomic mass is 79.9. The van der Waals surface area contributed by atoms with Crippen molar-refractivity contribution < 1.29 is 19.1 Å². The maximum atomic E-state index is 11.8. The summed E-state index contributed by atoms with van der Waals surface area (Å²) < 4.78 is 11.3. The van der Waals surface area contributed by atoms with E-state index >= 15 is 0 Å². The Kier molecular flexibility index (Phi) is 5.14. The number of hydrogen-bond donors (Lipinski definition) is 1. The fraction of sp³-hybridized carbons (Fsp3) is 0.429. The molecular formula is C14H16BrNO4. The Balaban J connectivity index is 1.93. The first-order valence-corrected chi connectivity index (χ1v) is 7.28. The Hall–Kier alpha value is -1.40. The lowest BCUT2D eigenvalue weighted by molar-refractivity contribution is -0.154. The number of halogens is 1. The third-order valence-corrected chi connectivity index (χ3v) is 3.41. The van der Waals surface area contributed by atoms with Crippen molar-refractivity contribution in [1.82, 2.24) is 0 Å². The molecule has 1 N–H and O–H groups in total. The van der Waals surface area contributed by atoms with E-state index in [0.717, 1.165) is 4.47 Å². The zero-order chi connectivity index (χ0) is 14.5. The quantitative estimate of drug-likeness (QED) is 0.638. The maximum absolute atomic E-state index is 11.8. The van der Waals surface area contributed by atoms with E-state index in [-0.39, 0.29) is 18.3 Å². The molecule has 1 amide bonds. The molecule has 2 rings (SSSR count). The van der Waals surface area contributed by atoms with Gasteiger partial charge in [0, 0.05) is 35.4 Å². The van der Waals surface area contributed by atoms with Crippen LogP contribution in [0.25, 0.3) is 0 Å². The summed E-state index contributed by atoms with van der Waals surface area (Å²) in [6.45, 7) is 3.05. The summed E-state index contributed by atoms with van der Waals surface area (Å²) in [6.07, 6.45) is -0.0122. The second-order valence-electron chi connectivity index (χ2n) is 4.39. The van der Waals surface area contributed by atoms with Crippen molar-refractivity contribution in [1.29, 1.82) is 0 Å². The van der Waals surface area contributed by atoms with Crippen LogP contribution >= 0.6 is 15.9 Å². The van der Waals surface area contributed by atoms with Crippen molar-refractivity contribution in [3.8, 4) is 0 Å². The van der Waals surface area contributed by atoms with Crippen LogP contribution in [0.3, 0.4) is 0 Å². The van der Waals surface area contributed by atoms with Crippen LogP contribution in [-0.4, -0.2) is 25.1 Å². The Labute approximate surface area is 125 Å². The Bertz CT molecular complexity index is 518. The minimum Gasteiger partial charge on any atom is -0.447 e. The van der Waals surface area contributed by atoms with Crippen molar-refractivity contribution in [2.24, 2.45) is 0 Å². The molecule has 5 nitrogen and oxygen atoms in total. The van der Waals surface area contributed by atoms with Crippen molar-refractivity contribution in [2.45, 2.75) is 25.9 Å². The molecule has 1 unspecified atom stereocenters. The van der Waals surface area contributed by atoms with Gasteiger partial charge in [0.25, 0.3) is 5.91 Å². The van der Waals surface area contributed by atoms with E-state index in [1.165, 1.54) is 0 Å². The van der Waals surface area contributed by atoms with E-state index in [4.69, 9.17) is 9.47 Å². The molecule has 0 bridgehead atoms. The molecule has 6 heteroatoms. The van der Waals surface area contributed by atoms with E-state index in [2.05, 4.69) is 21.2 Å². The highest BCUT2D eigenvalue weighted by Crippen LogP contribution is 2.35. The molecule has 0 saturated carbocycles. The fourth-order valence-electron chi connectivity index (χ4n) is 1.98. The lowest BCUT2D eigenvalue weighted by Crippen LogP contribution is -2.19. The van der Waals surface area contributed by atoms with E-state index in [0.29, 0.717) is 30.9 Å². The van der Waals surface area contributed by atoms with Crippen LogP contribution in [-0.2, 0) is 19.1 Å². The molecule has 0 saturated heterocycles. The molecule has 1 heterocycles. The zero-order valence-electron chi connectivity index (χ0n) is 11.1. The second-order valence-corrected chi connectivity index (χ2v) is 5.31. The number of rotatable bonds is 6. The molecule has 1 aromatic rings. The van der Waals surface area contributed by atoms with Gasteiger partial charge in [-0.1, -0.05) is 22.0 Å². The number of ether oxygens (including phenoxy) is 2. The van der Waals surface area contributed by atoms with Gasteiger partial charge in [0.15, 0.2) is 0 Å². The summed E-state index contributed by atoms with van der Waals surface area (Å²) in [5, 5.41) is 2.70. The largest absolute Gasteiger partial charge is 0.447 e. The first-order valence-electron chi connectivity index (χ1n) is 6.49. The molecule has 108 valence electrons. The zero-order valence-corrected chi connectivity index (χ0v) is 12.7. The van der Waals surface area contributed by atoms with Crippen LogP contribution in [0.2, 0.25) is 0 Å². The highest BCUT2D eigenvalue weighted by Gasteiger charge is 2.33. The van der Waals surface area contributed by atoms with Gasteiger partial charge < -0.3 is 14.8 Å². The molecule has 1 aromatic carbocycles. The number of carbonyl (C=O) groups is 2. The van der Waals surface area contributed by atoms with Gasteiger partial charge in [0.1, 0.15) is 0 Å². The molecule has 1 aliphatic rings. The van der Waals surface area contributed by atoms with Gasteiger partial charge in [-0.25, -0.2) is 0 Å². The predicted molar refractivity (Wildman–Crippen MR) is 77.3 cm³/mol. The van der Waals surface area contributed by atoms with E-state index in [9.17, 15) is 9.59 Å². The van der Waals surface area contributed by atoms with Crippen molar-refractivity contribution in [3.63, 3.8) is 0 Å². The summed E-state index contributed by atoms with van der Waals surface area (Å²) in [7, 11) is 0. The Morgan fingerprint density at radius 3 is 3.00 bits per heavy atom. The van der Waals surface area contributed by atoms with Crippen LogP contribution in [0.15, 0.2) is 22.7 Å². The second kappa shape index (κ2) is 6.85. The fourth-order valence-corrected chi connectivity index (χ4v) is 2.34. The molecular weight excluding hydrogens is 326 g/mol. The lowest BCUT2D eigenvalue weighted by Gasteiger charge is -2.11. The van der Waals surface area contributed by atoms with Crippen molar-refractivity contribution in [3.05, 3.63) is 28.2 Å². The third kappa shape index (κ3) is 3.58. The van der Waals surface area contributed by atoms with Gasteiger partial charge in [-0.3, -0.25) is 9.59 Å². The summed E-state index contributed by atoms with van der Waals surface area (Å²) >= 11 is 3.33. The van der Waals surface area contributed by atoms with Crippen LogP contribution in [0.4, 0.5) is 5.69 Å². The van der Waals surface area contributed by atoms with Gasteiger partial charge in [0.2, 0.25) is 6.10 Å². The van der Waals surface area contributed by atoms with Gasteiger partial charge in [0.05, 0.1) is 0 Å². The molecule has 1 aliphatic heterocycles. The number of anilines is 1. The molecule has 0 fully saturated rings. The number of amides is 1. The highest BCUT2D eigenvalue weighted by molar-refractivity contribution is 9.10. The molecule has 0 radical (unpaired) electrons. The number of hydrogen-bond acceptors (Lipinski definition) is 4. The number of nitrogens with one attached hydrogen (secondary N) is 1. The molecule has 1 atom stereocenters. The summed E-state index contributed by atoms with van der Waals surface area (Å²) in [5.74, 6) is -0.697. The van der Waals surface area contributed by atoms with Gasteiger partial charge in [-0.2, -0.15) is 0 Å². The van der Waals surface area contributed by atoms with E-state index in [1.54, 1.807) is 12.1 Å². The van der Waals surface area contributed by atoms with Gasteiger partial charge in [-0.05, 0) is 25.5 Å². The topological polar surface area (TPSA) is 64.6 Å². The summed E-state index contributed by atoms with van der Waals surface area (Å²) in [6, 6.07) is 5.38. The number of benzene rings is 1. The van der Waals surface area contributed by atoms with Gasteiger partial charge >= 0.3 is 5.97 Å². The van der Waals surface area contributed by atoms with Crippen molar-refractivity contribution in [2.75, 3.05) is 18.5 Å². The standard InChI is InChI=1S/C14H16BrNO4/c1-2-19-7-3-4-12(17)20-13-10-6-5-9(15)8-11(10)16-14(13)18/h5-6,8,13H,2-4,7H2,1H3,(H,16,18). The number of esters is 1. The SMILES string of the molecule is CCOCCCC(=O)OC1C(=O)Nc2cc(Br)ccc21. The normalized spacial score (nSPS) is 16.7. The minimum atomic E-state index is -0.849. The Morgan fingerprint density at radius 2 is 2.25 bits per heavy atom. The van der Waals surface area contributed by atoms with E-state index < -0.39 is 6.10 Å². The summed E-state index contributed by atoms with van der Waals surface area (Å²) in [4.78, 5) is 23.5. The minimum absolute atomic E-state index is 0.246. The lowest BCUT2D eigenvalue weighted by atomic mass is 10.1. The molecule has 0 aromatic heterocycles. The number of carbonyl (C=O) groups excluding carboxylic acids is 2. The average Bonchev–Trinajstić information content (AvgIpc) is 2.70. The summed E-state index contributed by atoms with van der Waals surface area (Å²) in [5.41, 5.74) is 1.37. The smallest absolute Gasteiger partial charge is 0.307 e. The predicted octanol–water partition coefficient (Wildman–Crippen LogP) is 2.80. The van der Waals surface area contributed by atoms with Crippen LogP contribution in [0.1, 0.15) is 31.4 Å². The third-order valence-electron chi connectivity index (χ3n) is 2.92. The molecule has 0 spiro atoms. The van der Waals surface area contributed by atoms with Crippen LogP contribution < -0.4 is 5.32 Å². The van der Waals surface area contributed by atoms with Gasteiger partial charge in [-0.15, -0.1) is 0 Å². The number of fused-ring (bicyclic) bond motifs is 1. The van der Waals surface area contributed by atoms with Crippen LogP contribution in [0, 0.1) is 0 Å². The van der Waals surface area contributed by atoms with E-state index in [1.807, 2.05) is 13.0 Å². The first kappa shape index (κ1) is 15.0. The monoisotopic (exact) mass is 341 g/mol. The maximum Gasteiger partial charge on any atom is 0.307 e. The van der Waals surface area contributed by atoms with Crippen LogP contribution in [0.5, 0.6) is 0 Å². The Morgan fingerprint density at radius 1 is 1.45 bits per heavy atom. The van der Waals surface area contributed by atoms with Crippen molar-refractivity contribution >= 4 is 33.5 Å². The molecule has 20 heavy (non-hydrogen) atoms. The first-order chi connectivity index (χ1) is 9.61.